The van der Waals surface area contributed by atoms with Gasteiger partial charge in [-0.15, -0.1) is 0 Å². The van der Waals surface area contributed by atoms with Gasteiger partial charge in [-0.25, -0.2) is 4.79 Å². The van der Waals surface area contributed by atoms with E-state index in [1.165, 1.54) is 0 Å². The summed E-state index contributed by atoms with van der Waals surface area (Å²) in [5.74, 6) is 0.0572. The SMILES string of the molecule is O=C(Oc1cccc2c1O[C@@H](c1ccccc1)CC2=O)c1ccccc1. The number of carbonyl (C=O) groups excluding carboxylic acids is 2. The molecule has 4 rings (SSSR count). The van der Waals surface area contributed by atoms with Gasteiger partial charge >= 0.3 is 5.97 Å². The van der Waals surface area contributed by atoms with Crippen LogP contribution in [0.25, 0.3) is 0 Å². The molecule has 0 fully saturated rings. The summed E-state index contributed by atoms with van der Waals surface area (Å²) in [7, 11) is 0. The van der Waals surface area contributed by atoms with Gasteiger partial charge in [-0.05, 0) is 29.8 Å². The van der Waals surface area contributed by atoms with E-state index in [0.717, 1.165) is 5.56 Å². The molecular weight excluding hydrogens is 328 g/mol. The molecule has 1 atom stereocenters. The Morgan fingerprint density at radius 3 is 2.31 bits per heavy atom. The van der Waals surface area contributed by atoms with Gasteiger partial charge in [0.05, 0.1) is 17.5 Å². The van der Waals surface area contributed by atoms with Gasteiger partial charge in [-0.2, -0.15) is 0 Å². The van der Waals surface area contributed by atoms with Gasteiger partial charge in [-0.3, -0.25) is 4.79 Å². The monoisotopic (exact) mass is 344 g/mol. The Hall–Kier alpha value is -3.40. The van der Waals surface area contributed by atoms with Crippen molar-refractivity contribution in [2.24, 2.45) is 0 Å². The average molecular weight is 344 g/mol. The minimum atomic E-state index is -0.489. The smallest absolute Gasteiger partial charge is 0.343 e. The number of fused-ring (bicyclic) bond motifs is 1. The molecule has 0 amide bonds. The third-order valence-electron chi connectivity index (χ3n) is 4.29. The Bertz CT molecular complexity index is 948. The Kier molecular flexibility index (Phi) is 4.23. The molecule has 0 aliphatic carbocycles. The van der Waals surface area contributed by atoms with Crippen LogP contribution in [0.4, 0.5) is 0 Å². The molecule has 0 bridgehead atoms. The quantitative estimate of drug-likeness (QED) is 0.514. The van der Waals surface area contributed by atoms with E-state index in [0.29, 0.717) is 16.9 Å². The molecule has 0 saturated heterocycles. The van der Waals surface area contributed by atoms with Crippen LogP contribution in [-0.4, -0.2) is 11.8 Å². The van der Waals surface area contributed by atoms with Crippen LogP contribution in [0, 0.1) is 0 Å². The van der Waals surface area contributed by atoms with E-state index >= 15 is 0 Å². The lowest BCUT2D eigenvalue weighted by Gasteiger charge is -2.26. The minimum Gasteiger partial charge on any atom is -0.481 e. The van der Waals surface area contributed by atoms with Gasteiger partial charge in [0.25, 0.3) is 0 Å². The predicted octanol–water partition coefficient (Wildman–Crippen LogP) is 4.61. The van der Waals surface area contributed by atoms with E-state index in [4.69, 9.17) is 9.47 Å². The van der Waals surface area contributed by atoms with Gasteiger partial charge in [0.2, 0.25) is 0 Å². The van der Waals surface area contributed by atoms with Crippen LogP contribution in [0.5, 0.6) is 11.5 Å². The summed E-state index contributed by atoms with van der Waals surface area (Å²) in [6.07, 6.45) is -0.139. The maximum absolute atomic E-state index is 12.6. The number of hydrogen-bond donors (Lipinski definition) is 0. The van der Waals surface area contributed by atoms with Crippen LogP contribution in [0.1, 0.15) is 38.8 Å². The lowest BCUT2D eigenvalue weighted by Crippen LogP contribution is -2.21. The Morgan fingerprint density at radius 2 is 1.58 bits per heavy atom. The number of Topliss-reactive ketones (excluding diaryl/α,β-unsaturated/α-hetero) is 1. The molecule has 0 saturated carbocycles. The van der Waals surface area contributed by atoms with Crippen LogP contribution in [0.15, 0.2) is 78.9 Å². The van der Waals surface area contributed by atoms with Crippen molar-refractivity contribution in [3.8, 4) is 11.5 Å². The van der Waals surface area contributed by atoms with Crippen molar-refractivity contribution in [2.75, 3.05) is 0 Å². The van der Waals surface area contributed by atoms with Crippen LogP contribution in [-0.2, 0) is 0 Å². The normalized spacial score (nSPS) is 15.7. The van der Waals surface area contributed by atoms with Crippen molar-refractivity contribution in [2.45, 2.75) is 12.5 Å². The van der Waals surface area contributed by atoms with Crippen LogP contribution < -0.4 is 9.47 Å². The summed E-state index contributed by atoms with van der Waals surface area (Å²) in [5.41, 5.74) is 1.79. The fraction of sp³-hybridized carbons (Fsp3) is 0.0909. The molecule has 1 aliphatic heterocycles. The number of ketones is 1. The topological polar surface area (TPSA) is 52.6 Å². The van der Waals surface area contributed by atoms with E-state index in [1.54, 1.807) is 42.5 Å². The summed E-state index contributed by atoms with van der Waals surface area (Å²) in [5, 5.41) is 0. The van der Waals surface area contributed by atoms with Crippen LogP contribution >= 0.6 is 0 Å². The van der Waals surface area contributed by atoms with Crippen LogP contribution in [0.3, 0.4) is 0 Å². The van der Waals surface area contributed by atoms with E-state index < -0.39 is 12.1 Å². The summed E-state index contributed by atoms with van der Waals surface area (Å²) >= 11 is 0. The predicted molar refractivity (Wildman–Crippen MR) is 96.6 cm³/mol. The molecule has 4 nitrogen and oxygen atoms in total. The molecule has 0 N–H and O–H groups in total. The average Bonchev–Trinajstić information content (AvgIpc) is 2.70. The zero-order valence-corrected chi connectivity index (χ0v) is 13.9. The van der Waals surface area contributed by atoms with Crippen molar-refractivity contribution in [1.82, 2.24) is 0 Å². The van der Waals surface area contributed by atoms with Gasteiger partial charge in [0.15, 0.2) is 17.3 Å². The molecule has 1 aliphatic rings. The van der Waals surface area contributed by atoms with Crippen molar-refractivity contribution in [1.29, 1.82) is 0 Å². The number of carbonyl (C=O) groups is 2. The Morgan fingerprint density at radius 1 is 0.885 bits per heavy atom. The maximum Gasteiger partial charge on any atom is 0.343 e. The molecular formula is C22H16O4. The molecule has 0 aromatic heterocycles. The first-order valence-electron chi connectivity index (χ1n) is 8.37. The number of esters is 1. The number of ether oxygens (including phenoxy) is 2. The standard InChI is InChI=1S/C22H16O4/c23-18-14-20(15-8-3-1-4-9-15)25-21-17(18)12-7-13-19(21)26-22(24)16-10-5-2-6-11-16/h1-13,20H,14H2/t20-/m1/s1. The fourth-order valence-corrected chi connectivity index (χ4v) is 2.99. The molecule has 26 heavy (non-hydrogen) atoms. The minimum absolute atomic E-state index is 0.0299. The zero-order valence-electron chi connectivity index (χ0n) is 13.9. The van der Waals surface area contributed by atoms with Gasteiger partial charge in [0, 0.05) is 0 Å². The molecule has 0 spiro atoms. The molecule has 1 heterocycles. The molecule has 4 heteroatoms. The lowest BCUT2D eigenvalue weighted by molar-refractivity contribution is 0.0703. The second kappa shape index (κ2) is 6.84. The fourth-order valence-electron chi connectivity index (χ4n) is 2.99. The second-order valence-electron chi connectivity index (χ2n) is 6.03. The number of hydrogen-bond acceptors (Lipinski definition) is 4. The number of rotatable bonds is 3. The molecule has 128 valence electrons. The third kappa shape index (κ3) is 3.09. The van der Waals surface area contributed by atoms with Crippen molar-refractivity contribution < 1.29 is 19.1 Å². The third-order valence-corrected chi connectivity index (χ3v) is 4.29. The van der Waals surface area contributed by atoms with E-state index in [2.05, 4.69) is 0 Å². The van der Waals surface area contributed by atoms with Crippen molar-refractivity contribution in [3.05, 3.63) is 95.6 Å². The molecule has 3 aromatic rings. The summed E-state index contributed by atoms with van der Waals surface area (Å²) in [6.45, 7) is 0. The van der Waals surface area contributed by atoms with Crippen LogP contribution in [0.2, 0.25) is 0 Å². The Labute approximate surface area is 151 Å². The highest BCUT2D eigenvalue weighted by atomic mass is 16.6. The van der Waals surface area contributed by atoms with E-state index in [-0.39, 0.29) is 18.0 Å². The van der Waals surface area contributed by atoms with Gasteiger partial charge < -0.3 is 9.47 Å². The lowest BCUT2D eigenvalue weighted by atomic mass is 9.96. The largest absolute Gasteiger partial charge is 0.481 e. The summed E-state index contributed by atoms with van der Waals surface area (Å²) in [4.78, 5) is 24.9. The first-order valence-corrected chi connectivity index (χ1v) is 8.37. The number of para-hydroxylation sites is 1. The highest BCUT2D eigenvalue weighted by molar-refractivity contribution is 6.01. The summed E-state index contributed by atoms with van der Waals surface area (Å²) < 4.78 is 11.6. The van der Waals surface area contributed by atoms with Crippen molar-refractivity contribution in [3.63, 3.8) is 0 Å². The first-order chi connectivity index (χ1) is 12.7. The Balaban J connectivity index is 1.66. The maximum atomic E-state index is 12.6. The molecule has 0 unspecified atom stereocenters. The molecule has 0 radical (unpaired) electrons. The summed E-state index contributed by atoms with van der Waals surface area (Å²) in [6, 6.07) is 23.3. The van der Waals surface area contributed by atoms with E-state index in [9.17, 15) is 9.59 Å². The zero-order chi connectivity index (χ0) is 17.9. The first kappa shape index (κ1) is 16.1. The van der Waals surface area contributed by atoms with Gasteiger partial charge in [-0.1, -0.05) is 54.6 Å². The van der Waals surface area contributed by atoms with Crippen molar-refractivity contribution >= 4 is 11.8 Å². The highest BCUT2D eigenvalue weighted by Gasteiger charge is 2.30. The number of benzene rings is 3. The second-order valence-corrected chi connectivity index (χ2v) is 6.03. The van der Waals surface area contributed by atoms with E-state index in [1.807, 2.05) is 36.4 Å². The van der Waals surface area contributed by atoms with Gasteiger partial charge in [0.1, 0.15) is 6.10 Å². The highest BCUT2D eigenvalue weighted by Crippen LogP contribution is 2.41. The molecule has 3 aromatic carbocycles.